The Labute approximate surface area is 118 Å². The first-order valence-electron chi connectivity index (χ1n) is 6.55. The number of hydrogen-bond donors (Lipinski definition) is 1. The summed E-state index contributed by atoms with van der Waals surface area (Å²) in [5.74, 6) is 0. The number of anilines is 1. The third kappa shape index (κ3) is 3.09. The van der Waals surface area contributed by atoms with Gasteiger partial charge in [-0.1, -0.05) is 29.8 Å². The zero-order valence-corrected chi connectivity index (χ0v) is 11.5. The average molecular weight is 272 g/mol. The number of benzene rings is 2. The monoisotopic (exact) mass is 271 g/mol. The lowest BCUT2D eigenvalue weighted by molar-refractivity contribution is 0.630. The van der Waals surface area contributed by atoms with Crippen molar-refractivity contribution in [1.29, 1.82) is 0 Å². The predicted molar refractivity (Wildman–Crippen MR) is 79.6 cm³/mol. The molecule has 19 heavy (non-hydrogen) atoms. The van der Waals surface area contributed by atoms with Gasteiger partial charge in [0.25, 0.3) is 0 Å². The fourth-order valence-corrected chi connectivity index (χ4v) is 2.46. The van der Waals surface area contributed by atoms with Gasteiger partial charge in [0.05, 0.1) is 0 Å². The molecule has 97 valence electrons. The average Bonchev–Trinajstić information content (AvgIpc) is 2.46. The first-order chi connectivity index (χ1) is 9.31. The Bertz CT molecular complexity index is 563. The molecule has 0 amide bonds. The van der Waals surface area contributed by atoms with Crippen LogP contribution in [0.1, 0.15) is 16.7 Å². The van der Waals surface area contributed by atoms with Crippen molar-refractivity contribution >= 4 is 17.3 Å². The maximum atomic E-state index is 5.88. The number of nitrogens with one attached hydrogen (secondary N) is 1. The Hall–Kier alpha value is -1.51. The van der Waals surface area contributed by atoms with Gasteiger partial charge in [-0.15, -0.1) is 0 Å². The summed E-state index contributed by atoms with van der Waals surface area (Å²) in [5.41, 5.74) is 5.18. The second kappa shape index (κ2) is 5.64. The Kier molecular flexibility index (Phi) is 3.72. The molecule has 0 spiro atoms. The van der Waals surface area contributed by atoms with E-state index >= 15 is 0 Å². The van der Waals surface area contributed by atoms with Crippen LogP contribution < -0.4 is 10.6 Å². The molecule has 2 nitrogen and oxygen atoms in total. The molecule has 0 saturated heterocycles. The molecule has 2 aromatic carbocycles. The predicted octanol–water partition coefficient (Wildman–Crippen LogP) is 3.61. The number of fused-ring (bicyclic) bond motifs is 1. The van der Waals surface area contributed by atoms with Crippen molar-refractivity contribution in [2.24, 2.45) is 0 Å². The smallest absolute Gasteiger partial charge is 0.0406 e. The fraction of sp³-hybridized carbons (Fsp3) is 0.250. The first kappa shape index (κ1) is 12.5. The van der Waals surface area contributed by atoms with Crippen LogP contribution in [0.15, 0.2) is 42.5 Å². The summed E-state index contributed by atoms with van der Waals surface area (Å²) in [5, 5.41) is 8.67. The van der Waals surface area contributed by atoms with Gasteiger partial charge in [-0.3, -0.25) is 0 Å². The quantitative estimate of drug-likeness (QED) is 0.907. The molecular weight excluding hydrogens is 256 g/mol. The maximum Gasteiger partial charge on any atom is 0.0406 e. The Morgan fingerprint density at radius 3 is 2.74 bits per heavy atom. The highest BCUT2D eigenvalue weighted by atomic mass is 35.5. The summed E-state index contributed by atoms with van der Waals surface area (Å²) in [4.78, 5) is 0. The number of hydrogen-bond acceptors (Lipinski definition) is 1. The van der Waals surface area contributed by atoms with E-state index in [1.165, 1.54) is 16.7 Å². The second-order valence-corrected chi connectivity index (χ2v) is 5.26. The summed E-state index contributed by atoms with van der Waals surface area (Å²) in [7, 11) is 0. The van der Waals surface area contributed by atoms with E-state index in [4.69, 9.17) is 11.6 Å². The minimum Gasteiger partial charge on any atom is -0.381 e. The largest absolute Gasteiger partial charge is 0.381 e. The van der Waals surface area contributed by atoms with Crippen molar-refractivity contribution in [3.05, 3.63) is 64.2 Å². The van der Waals surface area contributed by atoms with Crippen molar-refractivity contribution < 1.29 is 0 Å². The van der Waals surface area contributed by atoms with Crippen molar-refractivity contribution in [2.75, 3.05) is 11.9 Å². The van der Waals surface area contributed by atoms with Gasteiger partial charge in [0, 0.05) is 30.3 Å². The van der Waals surface area contributed by atoms with E-state index in [0.717, 1.165) is 36.8 Å². The van der Waals surface area contributed by atoms with Gasteiger partial charge in [-0.2, -0.15) is 0 Å². The van der Waals surface area contributed by atoms with E-state index in [1.54, 1.807) is 0 Å². The molecule has 1 N–H and O–H groups in total. The molecule has 0 aromatic heterocycles. The highest BCUT2D eigenvalue weighted by Crippen LogP contribution is 2.20. The zero-order chi connectivity index (χ0) is 13.1. The van der Waals surface area contributed by atoms with E-state index in [2.05, 4.69) is 28.8 Å². The molecule has 2 aromatic rings. The highest BCUT2D eigenvalue weighted by molar-refractivity contribution is 6.30. The van der Waals surface area contributed by atoms with Crippen LogP contribution in [0.3, 0.4) is 0 Å². The molecule has 1 radical (unpaired) electrons. The lowest BCUT2D eigenvalue weighted by atomic mass is 10.0. The number of rotatable bonds is 3. The van der Waals surface area contributed by atoms with E-state index in [1.807, 2.05) is 24.3 Å². The van der Waals surface area contributed by atoms with Crippen LogP contribution in [-0.2, 0) is 19.5 Å². The number of halogens is 1. The molecule has 0 fully saturated rings. The Morgan fingerprint density at radius 2 is 1.89 bits per heavy atom. The van der Waals surface area contributed by atoms with E-state index in [-0.39, 0.29) is 0 Å². The summed E-state index contributed by atoms with van der Waals surface area (Å²) < 4.78 is 0. The van der Waals surface area contributed by atoms with Crippen molar-refractivity contribution in [3.63, 3.8) is 0 Å². The molecule has 0 atom stereocenters. The highest BCUT2D eigenvalue weighted by Gasteiger charge is 2.09. The molecule has 1 aliphatic heterocycles. The van der Waals surface area contributed by atoms with Crippen LogP contribution in [0, 0.1) is 0 Å². The van der Waals surface area contributed by atoms with Crippen molar-refractivity contribution in [1.82, 2.24) is 5.32 Å². The Morgan fingerprint density at radius 1 is 1.05 bits per heavy atom. The van der Waals surface area contributed by atoms with E-state index in [0.29, 0.717) is 0 Å². The lowest BCUT2D eigenvalue weighted by Crippen LogP contribution is -2.17. The van der Waals surface area contributed by atoms with E-state index < -0.39 is 0 Å². The summed E-state index contributed by atoms with van der Waals surface area (Å²) in [6, 6.07) is 14.5. The molecule has 0 saturated carbocycles. The molecular formula is C16H16ClN2. The van der Waals surface area contributed by atoms with Crippen LogP contribution in [0.2, 0.25) is 5.02 Å². The molecule has 1 heterocycles. The van der Waals surface area contributed by atoms with Crippen LogP contribution in [-0.4, -0.2) is 6.54 Å². The number of nitrogens with zero attached hydrogens (tertiary/aromatic N) is 1. The van der Waals surface area contributed by atoms with Gasteiger partial charge >= 0.3 is 0 Å². The fourth-order valence-electron chi connectivity index (χ4n) is 2.33. The van der Waals surface area contributed by atoms with Gasteiger partial charge in [0.1, 0.15) is 0 Å². The van der Waals surface area contributed by atoms with Gasteiger partial charge in [-0.05, 0) is 47.4 Å². The zero-order valence-electron chi connectivity index (χ0n) is 10.7. The summed E-state index contributed by atoms with van der Waals surface area (Å²) in [6.07, 6.45) is 1.08. The minimum absolute atomic E-state index is 0.777. The van der Waals surface area contributed by atoms with Crippen molar-refractivity contribution in [3.8, 4) is 0 Å². The third-order valence-corrected chi connectivity index (χ3v) is 3.69. The van der Waals surface area contributed by atoms with Crippen molar-refractivity contribution in [2.45, 2.75) is 19.5 Å². The van der Waals surface area contributed by atoms with Gasteiger partial charge in [-0.25, -0.2) is 5.32 Å². The van der Waals surface area contributed by atoms with E-state index in [9.17, 15) is 0 Å². The SMILES string of the molecule is Clc1ccc(CNc2ccc3c(c2)C[N]CC3)cc1. The minimum atomic E-state index is 0.777. The maximum absolute atomic E-state index is 5.88. The molecule has 0 bridgehead atoms. The first-order valence-corrected chi connectivity index (χ1v) is 6.92. The molecule has 0 aliphatic carbocycles. The standard InChI is InChI=1S/C16H16ClN2/c17-15-4-1-12(2-5-15)10-19-16-6-3-13-7-8-18-11-14(13)9-16/h1-6,9,19H,7-8,10-11H2. The molecule has 3 rings (SSSR count). The normalized spacial score (nSPS) is 13.9. The van der Waals surface area contributed by atoms with Gasteiger partial charge < -0.3 is 5.32 Å². The summed E-state index contributed by atoms with van der Waals surface area (Å²) >= 11 is 5.88. The molecule has 3 heteroatoms. The second-order valence-electron chi connectivity index (χ2n) is 4.82. The molecule has 0 unspecified atom stereocenters. The van der Waals surface area contributed by atoms with Gasteiger partial charge in [0.15, 0.2) is 0 Å². The Balaban J connectivity index is 1.68. The van der Waals surface area contributed by atoms with Crippen LogP contribution in [0.4, 0.5) is 5.69 Å². The van der Waals surface area contributed by atoms with Crippen LogP contribution in [0.25, 0.3) is 0 Å². The lowest BCUT2D eigenvalue weighted by Gasteiger charge is -2.17. The topological polar surface area (TPSA) is 26.1 Å². The summed E-state index contributed by atoms with van der Waals surface area (Å²) in [6.45, 7) is 2.63. The van der Waals surface area contributed by atoms with Gasteiger partial charge in [0.2, 0.25) is 0 Å². The third-order valence-electron chi connectivity index (χ3n) is 3.44. The molecule has 1 aliphatic rings. The van der Waals surface area contributed by atoms with Crippen LogP contribution >= 0.6 is 11.6 Å². The van der Waals surface area contributed by atoms with Crippen LogP contribution in [0.5, 0.6) is 0 Å².